The van der Waals surface area contributed by atoms with E-state index in [1.54, 1.807) is 10.8 Å². The monoisotopic (exact) mass is 517 g/mol. The smallest absolute Gasteiger partial charge is 0.278 e. The summed E-state index contributed by atoms with van der Waals surface area (Å²) < 4.78 is 9.35. The van der Waals surface area contributed by atoms with Crippen molar-refractivity contribution in [1.29, 1.82) is 0 Å². The van der Waals surface area contributed by atoms with Gasteiger partial charge in [0.1, 0.15) is 11.5 Å². The third-order valence-corrected chi connectivity index (χ3v) is 6.54. The van der Waals surface area contributed by atoms with Gasteiger partial charge in [-0.1, -0.05) is 23.7 Å². The van der Waals surface area contributed by atoms with Crippen molar-refractivity contribution in [2.45, 2.75) is 25.5 Å². The molecule has 11 nitrogen and oxygen atoms in total. The van der Waals surface area contributed by atoms with E-state index in [0.29, 0.717) is 33.8 Å². The summed E-state index contributed by atoms with van der Waals surface area (Å²) in [5.74, 6) is 1.33. The van der Waals surface area contributed by atoms with Gasteiger partial charge >= 0.3 is 0 Å². The second-order valence-corrected chi connectivity index (χ2v) is 9.08. The number of fused-ring (bicyclic) bond motifs is 2. The molecule has 5 heterocycles. The van der Waals surface area contributed by atoms with E-state index in [9.17, 15) is 4.79 Å². The highest BCUT2D eigenvalue weighted by Gasteiger charge is 2.20. The highest BCUT2D eigenvalue weighted by Crippen LogP contribution is 2.26. The predicted octanol–water partition coefficient (Wildman–Crippen LogP) is 3.57. The SMILES string of the molecule is C=CCn1c(=O)c2cnc(Nc3ccc4[nH]nc(Cl)c4c3)nc2n1-c1cccc(OC2CCNCC2)n1. The molecule has 0 amide bonds. The fourth-order valence-electron chi connectivity index (χ4n) is 4.47. The first-order chi connectivity index (χ1) is 18.1. The summed E-state index contributed by atoms with van der Waals surface area (Å²) in [6.07, 6.45) is 5.10. The molecule has 1 saturated heterocycles. The van der Waals surface area contributed by atoms with Crippen LogP contribution < -0.4 is 20.9 Å². The average molecular weight is 518 g/mol. The maximum atomic E-state index is 13.2. The molecule has 0 atom stereocenters. The van der Waals surface area contributed by atoms with E-state index >= 15 is 0 Å². The molecule has 0 aliphatic carbocycles. The molecule has 1 aliphatic heterocycles. The van der Waals surface area contributed by atoms with Gasteiger partial charge in [-0.15, -0.1) is 6.58 Å². The average Bonchev–Trinajstić information content (AvgIpc) is 3.41. The predicted molar refractivity (Wildman–Crippen MR) is 142 cm³/mol. The summed E-state index contributed by atoms with van der Waals surface area (Å²) in [7, 11) is 0. The first kappa shape index (κ1) is 23.2. The van der Waals surface area contributed by atoms with Gasteiger partial charge in [-0.2, -0.15) is 15.1 Å². The number of allylic oxidation sites excluding steroid dienone is 1. The van der Waals surface area contributed by atoms with Gasteiger partial charge in [-0.25, -0.2) is 14.3 Å². The van der Waals surface area contributed by atoms with Crippen LogP contribution in [0.1, 0.15) is 12.8 Å². The van der Waals surface area contributed by atoms with Gasteiger partial charge < -0.3 is 15.4 Å². The number of pyridine rings is 1. The number of hydrogen-bond donors (Lipinski definition) is 3. The maximum absolute atomic E-state index is 13.2. The lowest BCUT2D eigenvalue weighted by atomic mass is 10.1. The largest absolute Gasteiger partial charge is 0.474 e. The molecule has 0 spiro atoms. The summed E-state index contributed by atoms with van der Waals surface area (Å²) in [6, 6.07) is 11.1. The van der Waals surface area contributed by atoms with Gasteiger partial charge in [-0.05, 0) is 50.2 Å². The number of aromatic nitrogens is 7. The van der Waals surface area contributed by atoms with Crippen molar-refractivity contribution in [2.24, 2.45) is 0 Å². The number of hydrogen-bond acceptors (Lipinski definition) is 8. The van der Waals surface area contributed by atoms with E-state index < -0.39 is 0 Å². The Kier molecular flexibility index (Phi) is 6.07. The summed E-state index contributed by atoms with van der Waals surface area (Å²) in [5, 5.41) is 14.9. The van der Waals surface area contributed by atoms with Crippen LogP contribution in [0.3, 0.4) is 0 Å². The molecule has 0 radical (unpaired) electrons. The number of nitrogens with one attached hydrogen (secondary N) is 3. The fourth-order valence-corrected chi connectivity index (χ4v) is 4.67. The van der Waals surface area contributed by atoms with Gasteiger partial charge in [0.25, 0.3) is 5.56 Å². The van der Waals surface area contributed by atoms with Gasteiger partial charge in [0.05, 0.1) is 12.1 Å². The molecule has 5 aromatic rings. The first-order valence-corrected chi connectivity index (χ1v) is 12.3. The van der Waals surface area contributed by atoms with Crippen molar-refractivity contribution < 1.29 is 4.74 Å². The van der Waals surface area contributed by atoms with Crippen LogP contribution in [0.5, 0.6) is 5.88 Å². The van der Waals surface area contributed by atoms with Crippen LogP contribution in [0.4, 0.5) is 11.6 Å². The summed E-state index contributed by atoms with van der Waals surface area (Å²) in [6.45, 7) is 5.91. The van der Waals surface area contributed by atoms with E-state index in [4.69, 9.17) is 21.3 Å². The fraction of sp³-hybridized carbons (Fsp3) is 0.240. The lowest BCUT2D eigenvalue weighted by molar-refractivity contribution is 0.156. The Balaban J connectivity index is 1.40. The zero-order valence-electron chi connectivity index (χ0n) is 19.8. The number of piperidine rings is 1. The summed E-state index contributed by atoms with van der Waals surface area (Å²) in [5.41, 5.74) is 1.72. The van der Waals surface area contributed by atoms with Crippen molar-refractivity contribution in [2.75, 3.05) is 18.4 Å². The summed E-state index contributed by atoms with van der Waals surface area (Å²) >= 11 is 6.17. The zero-order valence-corrected chi connectivity index (χ0v) is 20.6. The van der Waals surface area contributed by atoms with E-state index in [1.165, 1.54) is 10.9 Å². The Bertz CT molecular complexity index is 1670. The van der Waals surface area contributed by atoms with Crippen molar-refractivity contribution in [3.63, 3.8) is 0 Å². The Hall–Kier alpha value is -4.22. The van der Waals surface area contributed by atoms with Crippen molar-refractivity contribution in [3.8, 4) is 11.7 Å². The molecular weight excluding hydrogens is 494 g/mol. The second-order valence-electron chi connectivity index (χ2n) is 8.72. The second kappa shape index (κ2) is 9.68. The number of anilines is 2. The summed E-state index contributed by atoms with van der Waals surface area (Å²) in [4.78, 5) is 27.0. The number of H-pyrrole nitrogens is 1. The van der Waals surface area contributed by atoms with Crippen LogP contribution in [0, 0.1) is 0 Å². The number of aromatic amines is 1. The van der Waals surface area contributed by atoms with Gasteiger partial charge in [-0.3, -0.25) is 9.89 Å². The number of benzene rings is 1. The molecule has 0 bridgehead atoms. The molecule has 37 heavy (non-hydrogen) atoms. The topological polar surface area (TPSA) is 128 Å². The van der Waals surface area contributed by atoms with Crippen LogP contribution >= 0.6 is 11.6 Å². The standard InChI is InChI=1S/C25H24ClN9O2/c1-2-12-34-24(36)18-14-28-25(29-15-6-7-19-17(13-15)22(26)33-32-19)31-23(18)35(34)20-4-3-5-21(30-20)37-16-8-10-27-11-9-16/h2-7,13-14,16,27H,1,8-12H2,(H,32,33)(H,28,29,31). The number of halogens is 1. The normalized spacial score (nSPS) is 14.3. The Morgan fingerprint density at radius 2 is 2.05 bits per heavy atom. The first-order valence-electron chi connectivity index (χ1n) is 12.0. The van der Waals surface area contributed by atoms with Crippen LogP contribution in [0.25, 0.3) is 27.8 Å². The molecule has 1 aromatic carbocycles. The quantitative estimate of drug-likeness (QED) is 0.280. The van der Waals surface area contributed by atoms with Crippen LogP contribution in [-0.2, 0) is 6.54 Å². The minimum absolute atomic E-state index is 0.0972. The van der Waals surface area contributed by atoms with Crippen LogP contribution in [-0.4, -0.2) is 53.7 Å². The van der Waals surface area contributed by atoms with Gasteiger partial charge in [0, 0.05) is 23.3 Å². The van der Waals surface area contributed by atoms with E-state index in [2.05, 4.69) is 37.4 Å². The van der Waals surface area contributed by atoms with Crippen molar-refractivity contribution in [3.05, 3.63) is 70.8 Å². The number of nitrogens with zero attached hydrogens (tertiary/aromatic N) is 6. The van der Waals surface area contributed by atoms with Crippen molar-refractivity contribution >= 4 is 45.2 Å². The third kappa shape index (κ3) is 4.43. The van der Waals surface area contributed by atoms with Gasteiger partial charge in [0.15, 0.2) is 16.6 Å². The minimum atomic E-state index is -0.237. The molecule has 1 aliphatic rings. The van der Waals surface area contributed by atoms with Gasteiger partial charge in [0.2, 0.25) is 11.8 Å². The molecule has 188 valence electrons. The minimum Gasteiger partial charge on any atom is -0.474 e. The van der Waals surface area contributed by atoms with Crippen LogP contribution in [0.2, 0.25) is 5.15 Å². The molecule has 4 aromatic heterocycles. The molecule has 0 saturated carbocycles. The number of ether oxygens (including phenoxy) is 1. The van der Waals surface area contributed by atoms with E-state index in [1.807, 2.05) is 36.4 Å². The lowest BCUT2D eigenvalue weighted by Gasteiger charge is -2.23. The Morgan fingerprint density at radius 1 is 1.19 bits per heavy atom. The highest BCUT2D eigenvalue weighted by atomic mass is 35.5. The van der Waals surface area contributed by atoms with E-state index in [-0.39, 0.29) is 18.2 Å². The number of rotatable bonds is 7. The van der Waals surface area contributed by atoms with E-state index in [0.717, 1.165) is 42.5 Å². The van der Waals surface area contributed by atoms with Crippen molar-refractivity contribution in [1.82, 2.24) is 39.8 Å². The third-order valence-electron chi connectivity index (χ3n) is 6.25. The molecule has 0 unspecified atom stereocenters. The van der Waals surface area contributed by atoms with Crippen LogP contribution in [0.15, 0.2) is 60.0 Å². The zero-order chi connectivity index (χ0) is 25.4. The Labute approximate surface area is 216 Å². The molecule has 12 heteroatoms. The molecule has 1 fully saturated rings. The molecular formula is C25H24ClN9O2. The molecule has 3 N–H and O–H groups in total. The maximum Gasteiger partial charge on any atom is 0.278 e. The molecule has 6 rings (SSSR count). The lowest BCUT2D eigenvalue weighted by Crippen LogP contribution is -2.34. The Morgan fingerprint density at radius 3 is 2.89 bits per heavy atom. The highest BCUT2D eigenvalue weighted by molar-refractivity contribution is 6.34.